The molecule has 1 aromatic heterocycles. The van der Waals surface area contributed by atoms with Gasteiger partial charge in [-0.3, -0.25) is 0 Å². The third kappa shape index (κ3) is 4.09. The number of hydrogen-bond acceptors (Lipinski definition) is 4. The van der Waals surface area contributed by atoms with Crippen LogP contribution in [0.15, 0.2) is 18.3 Å². The first-order valence-corrected chi connectivity index (χ1v) is 7.08. The van der Waals surface area contributed by atoms with Crippen LogP contribution >= 0.6 is 0 Å². The van der Waals surface area contributed by atoms with Crippen molar-refractivity contribution in [2.45, 2.75) is 32.2 Å². The largest absolute Gasteiger partial charge is 0.394 e. The molecule has 2 rings (SSSR count). The topological polar surface area (TPSA) is 77.5 Å². The van der Waals surface area contributed by atoms with Crippen molar-refractivity contribution in [2.24, 2.45) is 0 Å². The fraction of sp³-hybridized carbons (Fsp3) is 0.571. The summed E-state index contributed by atoms with van der Waals surface area (Å²) in [6.45, 7) is 3.75. The molecular weight excluding hydrogens is 256 g/mol. The molecule has 2 heterocycles. The number of nitrogens with zero attached hydrogens (tertiary/aromatic N) is 2. The van der Waals surface area contributed by atoms with Gasteiger partial charge in [0.15, 0.2) is 0 Å². The Bertz CT molecular complexity index is 429. The highest BCUT2D eigenvalue weighted by Gasteiger charge is 2.12. The number of piperidine rings is 1. The highest BCUT2D eigenvalue weighted by atomic mass is 16.3. The Kier molecular flexibility index (Phi) is 5.17. The van der Waals surface area contributed by atoms with Gasteiger partial charge in [-0.2, -0.15) is 0 Å². The Morgan fingerprint density at radius 2 is 2.15 bits per heavy atom. The maximum absolute atomic E-state index is 11.6. The molecule has 20 heavy (non-hydrogen) atoms. The molecule has 110 valence electrons. The van der Waals surface area contributed by atoms with Gasteiger partial charge in [0, 0.05) is 13.1 Å². The monoisotopic (exact) mass is 278 g/mol. The molecule has 0 aliphatic carbocycles. The third-order valence-electron chi connectivity index (χ3n) is 3.34. The van der Waals surface area contributed by atoms with E-state index in [0.717, 1.165) is 18.9 Å². The maximum Gasteiger partial charge on any atom is 0.319 e. The van der Waals surface area contributed by atoms with Crippen molar-refractivity contribution >= 4 is 17.5 Å². The highest BCUT2D eigenvalue weighted by Crippen LogP contribution is 2.18. The smallest absolute Gasteiger partial charge is 0.319 e. The van der Waals surface area contributed by atoms with Gasteiger partial charge < -0.3 is 20.6 Å². The number of rotatable bonds is 4. The second-order valence-electron chi connectivity index (χ2n) is 5.13. The summed E-state index contributed by atoms with van der Waals surface area (Å²) < 4.78 is 0. The first kappa shape index (κ1) is 14.6. The molecule has 6 heteroatoms. The van der Waals surface area contributed by atoms with Crippen LogP contribution < -0.4 is 15.5 Å². The van der Waals surface area contributed by atoms with Gasteiger partial charge in [0.1, 0.15) is 5.82 Å². The molecule has 3 N–H and O–H groups in total. The summed E-state index contributed by atoms with van der Waals surface area (Å²) in [5.41, 5.74) is 0.647. The van der Waals surface area contributed by atoms with Crippen LogP contribution in [0.4, 0.5) is 16.3 Å². The average Bonchev–Trinajstić information content (AvgIpc) is 2.48. The van der Waals surface area contributed by atoms with E-state index in [4.69, 9.17) is 5.11 Å². The van der Waals surface area contributed by atoms with E-state index in [1.807, 2.05) is 12.1 Å². The number of pyridine rings is 1. The van der Waals surface area contributed by atoms with E-state index in [1.165, 1.54) is 19.3 Å². The number of nitrogens with one attached hydrogen (secondary N) is 2. The number of carbonyl (C=O) groups excluding carboxylic acids is 1. The number of carbonyl (C=O) groups is 1. The summed E-state index contributed by atoms with van der Waals surface area (Å²) in [4.78, 5) is 18.3. The van der Waals surface area contributed by atoms with Crippen molar-refractivity contribution < 1.29 is 9.90 Å². The normalized spacial score (nSPS) is 16.6. The SMILES string of the molecule is C[C@@H](CO)NC(=O)Nc1ccc(N2CCCCC2)nc1. The predicted molar refractivity (Wildman–Crippen MR) is 79.0 cm³/mol. The van der Waals surface area contributed by atoms with Gasteiger partial charge in [-0.1, -0.05) is 0 Å². The Labute approximate surface area is 119 Å². The second kappa shape index (κ2) is 7.09. The molecule has 0 saturated carbocycles. The zero-order valence-electron chi connectivity index (χ0n) is 11.8. The van der Waals surface area contributed by atoms with Crippen LogP contribution in [-0.4, -0.2) is 41.9 Å². The van der Waals surface area contributed by atoms with Crippen molar-refractivity contribution in [3.05, 3.63) is 18.3 Å². The van der Waals surface area contributed by atoms with Crippen molar-refractivity contribution in [3.8, 4) is 0 Å². The molecule has 0 bridgehead atoms. The molecule has 0 aromatic carbocycles. The number of hydrogen-bond donors (Lipinski definition) is 3. The van der Waals surface area contributed by atoms with Crippen LogP contribution in [0.5, 0.6) is 0 Å². The van der Waals surface area contributed by atoms with Crippen LogP contribution in [0.25, 0.3) is 0 Å². The van der Waals surface area contributed by atoms with Gasteiger partial charge in [0.2, 0.25) is 0 Å². The molecule has 1 saturated heterocycles. The maximum atomic E-state index is 11.6. The second-order valence-corrected chi connectivity index (χ2v) is 5.13. The van der Waals surface area contributed by atoms with Gasteiger partial charge in [-0.05, 0) is 38.3 Å². The van der Waals surface area contributed by atoms with Crippen molar-refractivity contribution in [3.63, 3.8) is 0 Å². The Balaban J connectivity index is 1.89. The van der Waals surface area contributed by atoms with Gasteiger partial charge >= 0.3 is 6.03 Å². The van der Waals surface area contributed by atoms with E-state index < -0.39 is 0 Å². The van der Waals surface area contributed by atoms with Crippen molar-refractivity contribution in [2.75, 3.05) is 29.9 Å². The van der Waals surface area contributed by atoms with Gasteiger partial charge in [-0.15, -0.1) is 0 Å². The molecule has 0 spiro atoms. The average molecular weight is 278 g/mol. The molecule has 0 radical (unpaired) electrons. The minimum atomic E-state index is -0.334. The summed E-state index contributed by atoms with van der Waals surface area (Å²) in [6.07, 6.45) is 5.37. The zero-order valence-corrected chi connectivity index (χ0v) is 11.8. The van der Waals surface area contributed by atoms with Crippen LogP contribution in [0, 0.1) is 0 Å². The molecule has 6 nitrogen and oxygen atoms in total. The Morgan fingerprint density at radius 3 is 2.75 bits per heavy atom. The standard InChI is InChI=1S/C14H22N4O2/c1-11(10-19)16-14(20)17-12-5-6-13(15-9-12)18-7-3-2-4-8-18/h5-6,9,11,19H,2-4,7-8,10H2,1H3,(H2,16,17,20)/t11-/m0/s1. The predicted octanol–water partition coefficient (Wildman–Crippen LogP) is 1.57. The molecule has 2 amide bonds. The Morgan fingerprint density at radius 1 is 1.40 bits per heavy atom. The lowest BCUT2D eigenvalue weighted by atomic mass is 10.1. The van der Waals surface area contributed by atoms with Gasteiger partial charge in [0.05, 0.1) is 24.5 Å². The van der Waals surface area contributed by atoms with Gasteiger partial charge in [0.25, 0.3) is 0 Å². The van der Waals surface area contributed by atoms with Crippen LogP contribution in [0.3, 0.4) is 0 Å². The number of anilines is 2. The summed E-state index contributed by atoms with van der Waals surface area (Å²) in [5.74, 6) is 0.958. The van der Waals surface area contributed by atoms with Crippen molar-refractivity contribution in [1.82, 2.24) is 10.3 Å². The molecular formula is C14H22N4O2. The molecule has 1 aliphatic heterocycles. The summed E-state index contributed by atoms with van der Waals surface area (Å²) in [7, 11) is 0. The number of aromatic nitrogens is 1. The lowest BCUT2D eigenvalue weighted by Gasteiger charge is -2.27. The lowest BCUT2D eigenvalue weighted by molar-refractivity contribution is 0.229. The minimum absolute atomic E-state index is 0.0838. The van der Waals surface area contributed by atoms with Crippen LogP contribution in [0.2, 0.25) is 0 Å². The fourth-order valence-electron chi connectivity index (χ4n) is 2.21. The third-order valence-corrected chi connectivity index (χ3v) is 3.34. The number of aliphatic hydroxyl groups is 1. The molecule has 1 atom stereocenters. The number of urea groups is 1. The zero-order chi connectivity index (χ0) is 14.4. The molecule has 1 aliphatic rings. The van der Waals surface area contributed by atoms with Gasteiger partial charge in [-0.25, -0.2) is 9.78 Å². The lowest BCUT2D eigenvalue weighted by Crippen LogP contribution is -2.38. The summed E-state index contributed by atoms with van der Waals surface area (Å²) >= 11 is 0. The summed E-state index contributed by atoms with van der Waals surface area (Å²) in [6, 6.07) is 3.17. The summed E-state index contributed by atoms with van der Waals surface area (Å²) in [5, 5.41) is 14.2. The van der Waals surface area contributed by atoms with E-state index in [9.17, 15) is 4.79 Å². The van der Waals surface area contributed by atoms with Crippen LogP contribution in [0.1, 0.15) is 26.2 Å². The van der Waals surface area contributed by atoms with E-state index in [1.54, 1.807) is 13.1 Å². The Hall–Kier alpha value is -1.82. The van der Waals surface area contributed by atoms with E-state index in [2.05, 4.69) is 20.5 Å². The first-order chi connectivity index (χ1) is 9.69. The highest BCUT2D eigenvalue weighted by molar-refractivity contribution is 5.89. The first-order valence-electron chi connectivity index (χ1n) is 7.08. The molecule has 1 fully saturated rings. The van der Waals surface area contributed by atoms with Crippen molar-refractivity contribution in [1.29, 1.82) is 0 Å². The van der Waals surface area contributed by atoms with E-state index in [-0.39, 0.29) is 18.7 Å². The number of amides is 2. The van der Waals surface area contributed by atoms with Crippen LogP contribution in [-0.2, 0) is 0 Å². The molecule has 0 unspecified atom stereocenters. The van der Waals surface area contributed by atoms with E-state index in [0.29, 0.717) is 5.69 Å². The quantitative estimate of drug-likeness (QED) is 0.781. The molecule has 1 aromatic rings. The minimum Gasteiger partial charge on any atom is -0.394 e. The van der Waals surface area contributed by atoms with E-state index >= 15 is 0 Å². The fourth-order valence-corrected chi connectivity index (χ4v) is 2.21. The number of aliphatic hydroxyl groups excluding tert-OH is 1.